The molecule has 10 nitrogen and oxygen atoms in total. The zero-order valence-corrected chi connectivity index (χ0v) is 19.4. The van der Waals surface area contributed by atoms with Gasteiger partial charge in [0.2, 0.25) is 0 Å². The van der Waals surface area contributed by atoms with E-state index in [2.05, 4.69) is 9.97 Å². The molecule has 2 aromatic rings. The molecule has 0 saturated carbocycles. The monoisotopic (exact) mass is 481 g/mol. The first-order chi connectivity index (χ1) is 14.9. The highest BCUT2D eigenvalue weighted by Crippen LogP contribution is 2.41. The second kappa shape index (κ2) is 7.98. The molecule has 32 heavy (non-hydrogen) atoms. The van der Waals surface area contributed by atoms with Gasteiger partial charge in [-0.1, -0.05) is 12.1 Å². The molecule has 1 aromatic heterocycles. The van der Waals surface area contributed by atoms with Crippen molar-refractivity contribution in [2.24, 2.45) is 0 Å². The summed E-state index contributed by atoms with van der Waals surface area (Å²) in [5.74, 6) is 1.05. The molecule has 0 amide bonds. The van der Waals surface area contributed by atoms with Crippen molar-refractivity contribution in [1.29, 1.82) is 0 Å². The predicted molar refractivity (Wildman–Crippen MR) is 119 cm³/mol. The molecule has 2 N–H and O–H groups in total. The third-order valence-corrected chi connectivity index (χ3v) is 11.4. The Bertz CT molecular complexity index is 1230. The van der Waals surface area contributed by atoms with Gasteiger partial charge in [0.1, 0.15) is 24.5 Å². The molecule has 0 unspecified atom stereocenters. The first-order valence-corrected chi connectivity index (χ1v) is 13.8. The number of hydrogen-bond acceptors (Lipinski definition) is 10. The number of nitrogens with zero attached hydrogens (tertiary/aromatic N) is 3. The maximum absolute atomic E-state index is 12.7. The van der Waals surface area contributed by atoms with Crippen LogP contribution in [0.5, 0.6) is 5.75 Å². The van der Waals surface area contributed by atoms with Gasteiger partial charge in [-0.15, -0.1) is 0 Å². The van der Waals surface area contributed by atoms with Crippen molar-refractivity contribution in [3.63, 3.8) is 0 Å². The molecule has 0 radical (unpaired) electrons. The molecule has 1 aliphatic carbocycles. The van der Waals surface area contributed by atoms with Gasteiger partial charge in [0, 0.05) is 42.3 Å². The van der Waals surface area contributed by atoms with Gasteiger partial charge in [-0.2, -0.15) is 0 Å². The molecule has 1 aromatic carbocycles. The lowest BCUT2D eigenvalue weighted by atomic mass is 9.79. The van der Waals surface area contributed by atoms with Crippen molar-refractivity contribution in [3.8, 4) is 5.75 Å². The third-order valence-electron chi connectivity index (χ3n) is 6.21. The van der Waals surface area contributed by atoms with E-state index in [9.17, 15) is 26.9 Å². The topological polar surface area (TPSA) is 147 Å². The van der Waals surface area contributed by atoms with Crippen LogP contribution in [0, 0.1) is 0 Å². The summed E-state index contributed by atoms with van der Waals surface area (Å²) in [6.45, 7) is 1.04. The standard InChI is InChI=1S/C19H24BN3O7S2/c1-31(26,27)19(32(2,28)29)6-5-16-15(10-19)18(22-12-21-16)23-7-8-30-17-4-3-14(20(24)25)9-13(17)11-23/h3-4,9,12,24-25H,5-8,10-11H2,1-2H3. The van der Waals surface area contributed by atoms with E-state index < -0.39 is 30.9 Å². The summed E-state index contributed by atoms with van der Waals surface area (Å²) in [7, 11) is -9.53. The van der Waals surface area contributed by atoms with Crippen LogP contribution in [0.1, 0.15) is 23.2 Å². The zero-order chi connectivity index (χ0) is 23.3. The molecular weight excluding hydrogens is 457 g/mol. The number of benzene rings is 1. The lowest BCUT2D eigenvalue weighted by Gasteiger charge is -2.36. The number of fused-ring (bicyclic) bond motifs is 2. The maximum atomic E-state index is 12.7. The lowest BCUT2D eigenvalue weighted by Crippen LogP contribution is -2.50. The molecule has 2 heterocycles. The summed E-state index contributed by atoms with van der Waals surface area (Å²) >= 11 is 0. The molecule has 0 saturated heterocycles. The molecule has 4 rings (SSSR count). The van der Waals surface area contributed by atoms with Crippen LogP contribution in [0.3, 0.4) is 0 Å². The second-order valence-corrected chi connectivity index (χ2v) is 13.2. The van der Waals surface area contributed by atoms with Gasteiger partial charge in [0.25, 0.3) is 0 Å². The summed E-state index contributed by atoms with van der Waals surface area (Å²) in [6, 6.07) is 4.86. The average molecular weight is 481 g/mol. The highest BCUT2D eigenvalue weighted by atomic mass is 32.3. The van der Waals surface area contributed by atoms with E-state index in [1.807, 2.05) is 4.90 Å². The quantitative estimate of drug-likeness (QED) is 0.512. The van der Waals surface area contributed by atoms with E-state index in [0.717, 1.165) is 12.5 Å². The Hall–Kier alpha value is -2.22. The Balaban J connectivity index is 1.79. The van der Waals surface area contributed by atoms with Crippen molar-refractivity contribution in [2.75, 3.05) is 30.6 Å². The van der Waals surface area contributed by atoms with E-state index in [4.69, 9.17) is 4.74 Å². The van der Waals surface area contributed by atoms with Crippen LogP contribution < -0.4 is 15.1 Å². The van der Waals surface area contributed by atoms with Crippen LogP contribution in [0.25, 0.3) is 0 Å². The van der Waals surface area contributed by atoms with Crippen LogP contribution in [0.2, 0.25) is 0 Å². The fourth-order valence-electron chi connectivity index (χ4n) is 4.44. The van der Waals surface area contributed by atoms with Crippen LogP contribution in [-0.2, 0) is 39.1 Å². The van der Waals surface area contributed by atoms with Crippen molar-refractivity contribution in [3.05, 3.63) is 41.3 Å². The summed E-state index contributed by atoms with van der Waals surface area (Å²) in [6.07, 6.45) is 3.23. The van der Waals surface area contributed by atoms with E-state index in [-0.39, 0.29) is 19.3 Å². The number of aromatic nitrogens is 2. The van der Waals surface area contributed by atoms with Crippen molar-refractivity contribution in [2.45, 2.75) is 29.9 Å². The Morgan fingerprint density at radius 1 is 1.12 bits per heavy atom. The van der Waals surface area contributed by atoms with Crippen molar-refractivity contribution < 1.29 is 31.6 Å². The molecule has 0 fully saturated rings. The first-order valence-electron chi connectivity index (χ1n) is 10.0. The minimum atomic E-state index is -3.95. The van der Waals surface area contributed by atoms with Crippen LogP contribution in [-0.4, -0.2) is 73.7 Å². The number of sulfone groups is 2. The van der Waals surface area contributed by atoms with Gasteiger partial charge >= 0.3 is 7.12 Å². The van der Waals surface area contributed by atoms with Gasteiger partial charge < -0.3 is 19.7 Å². The number of hydrogen-bond donors (Lipinski definition) is 2. The smallest absolute Gasteiger partial charge is 0.488 e. The average Bonchev–Trinajstić information content (AvgIpc) is 2.92. The second-order valence-electron chi connectivity index (χ2n) is 8.27. The fraction of sp³-hybridized carbons (Fsp3) is 0.474. The number of rotatable bonds is 4. The van der Waals surface area contributed by atoms with E-state index in [1.165, 1.54) is 6.33 Å². The van der Waals surface area contributed by atoms with E-state index in [1.54, 1.807) is 18.2 Å². The van der Waals surface area contributed by atoms with Gasteiger partial charge in [0.15, 0.2) is 23.8 Å². The summed E-state index contributed by atoms with van der Waals surface area (Å²) in [5.41, 5.74) is 2.14. The lowest BCUT2D eigenvalue weighted by molar-refractivity contribution is 0.331. The molecular formula is C19H24BN3O7S2. The third kappa shape index (κ3) is 3.87. The van der Waals surface area contributed by atoms with Crippen LogP contribution in [0.4, 0.5) is 5.82 Å². The Morgan fingerprint density at radius 3 is 2.50 bits per heavy atom. The minimum absolute atomic E-state index is 0.0577. The van der Waals surface area contributed by atoms with Gasteiger partial charge in [0.05, 0.1) is 6.54 Å². The highest BCUT2D eigenvalue weighted by Gasteiger charge is 2.53. The molecule has 172 valence electrons. The number of anilines is 1. The fourth-order valence-corrected chi connectivity index (χ4v) is 8.40. The van der Waals surface area contributed by atoms with Crippen LogP contribution >= 0.6 is 0 Å². The summed E-state index contributed by atoms with van der Waals surface area (Å²) in [5, 5.41) is 19.0. The Morgan fingerprint density at radius 2 is 1.84 bits per heavy atom. The molecule has 1 aliphatic heterocycles. The van der Waals surface area contributed by atoms with Gasteiger partial charge in [-0.25, -0.2) is 26.8 Å². The summed E-state index contributed by atoms with van der Waals surface area (Å²) < 4.78 is 54.5. The minimum Gasteiger partial charge on any atom is -0.491 e. The van der Waals surface area contributed by atoms with E-state index >= 15 is 0 Å². The molecule has 13 heteroatoms. The van der Waals surface area contributed by atoms with Crippen molar-refractivity contribution >= 4 is 38.1 Å². The number of ether oxygens (including phenoxy) is 1. The zero-order valence-electron chi connectivity index (χ0n) is 17.7. The SMILES string of the molecule is CS(=O)(=O)C1(S(C)(=O)=O)CCc2ncnc(N3CCOc4ccc(B(O)O)cc4C3)c2C1. The molecule has 0 atom stereocenters. The van der Waals surface area contributed by atoms with Crippen LogP contribution in [0.15, 0.2) is 24.5 Å². The van der Waals surface area contributed by atoms with Gasteiger partial charge in [-0.3, -0.25) is 0 Å². The van der Waals surface area contributed by atoms with E-state index in [0.29, 0.717) is 53.5 Å². The molecule has 0 spiro atoms. The predicted octanol–water partition coefficient (Wildman–Crippen LogP) is -1.17. The molecule has 2 aliphatic rings. The van der Waals surface area contributed by atoms with Crippen molar-refractivity contribution in [1.82, 2.24) is 9.97 Å². The highest BCUT2D eigenvalue weighted by molar-refractivity contribution is 8.09. The Labute approximate surface area is 187 Å². The Kier molecular flexibility index (Phi) is 5.72. The van der Waals surface area contributed by atoms with Gasteiger partial charge in [-0.05, 0) is 24.4 Å². The molecule has 0 bridgehead atoms. The largest absolute Gasteiger partial charge is 0.491 e. The normalized spacial score (nSPS) is 18.2. The first kappa shape index (κ1) is 23.0. The maximum Gasteiger partial charge on any atom is 0.488 e. The number of aryl methyl sites for hydroxylation is 1. The summed E-state index contributed by atoms with van der Waals surface area (Å²) in [4.78, 5) is 10.5.